The van der Waals surface area contributed by atoms with Crippen molar-refractivity contribution in [2.45, 2.75) is 13.8 Å². The van der Waals surface area contributed by atoms with E-state index < -0.39 is 0 Å². The molecule has 1 aromatic carbocycles. The van der Waals surface area contributed by atoms with Crippen molar-refractivity contribution in [3.8, 4) is 11.5 Å². The van der Waals surface area contributed by atoms with Crippen molar-refractivity contribution in [2.24, 2.45) is 0 Å². The lowest BCUT2D eigenvalue weighted by Crippen LogP contribution is -2.17. The first-order valence-electron chi connectivity index (χ1n) is 7.85. The maximum atomic E-state index is 11.6. The Bertz CT molecular complexity index is 840. The van der Waals surface area contributed by atoms with E-state index in [-0.39, 0.29) is 5.91 Å². The van der Waals surface area contributed by atoms with Crippen molar-refractivity contribution >= 4 is 61.7 Å². The van der Waals surface area contributed by atoms with Gasteiger partial charge in [0.1, 0.15) is 4.32 Å². The van der Waals surface area contributed by atoms with Gasteiger partial charge >= 0.3 is 0 Å². The molecule has 1 aromatic heterocycles. The first kappa shape index (κ1) is 18.0. The lowest BCUT2D eigenvalue weighted by molar-refractivity contribution is -0.115. The standard InChI is InChI=1S/C18H17NO3S3/c1-3-21-13-9-11-8-12(24-16(11)10-14(13)22-4-2)6-5-7-15-17(20)19-18(23)25-15/h5-10H,3-4H2,1-2H3,(H,19,20,23)/b6-5+,15-7-. The molecule has 2 heterocycles. The minimum absolute atomic E-state index is 0.140. The number of carbonyl (C=O) groups is 1. The van der Waals surface area contributed by atoms with Gasteiger partial charge in [0, 0.05) is 15.6 Å². The summed E-state index contributed by atoms with van der Waals surface area (Å²) in [6, 6.07) is 6.12. The van der Waals surface area contributed by atoms with Crippen LogP contribution in [-0.4, -0.2) is 23.4 Å². The number of amides is 1. The molecule has 130 valence electrons. The number of hydrogen-bond acceptors (Lipinski definition) is 6. The molecule has 0 atom stereocenters. The third-order valence-corrected chi connectivity index (χ3v) is 5.60. The van der Waals surface area contributed by atoms with Crippen molar-refractivity contribution in [3.63, 3.8) is 0 Å². The Hall–Kier alpha value is -1.83. The molecule has 0 spiro atoms. The zero-order valence-electron chi connectivity index (χ0n) is 13.8. The van der Waals surface area contributed by atoms with Gasteiger partial charge in [-0.2, -0.15) is 0 Å². The van der Waals surface area contributed by atoms with Crippen molar-refractivity contribution in [3.05, 3.63) is 40.1 Å². The predicted molar refractivity (Wildman–Crippen MR) is 110 cm³/mol. The van der Waals surface area contributed by atoms with Crippen LogP contribution in [0, 0.1) is 0 Å². The van der Waals surface area contributed by atoms with Gasteiger partial charge in [0.15, 0.2) is 11.5 Å². The molecule has 0 bridgehead atoms. The summed E-state index contributed by atoms with van der Waals surface area (Å²) in [4.78, 5) is 13.3. The van der Waals surface area contributed by atoms with Gasteiger partial charge in [0.25, 0.3) is 5.91 Å². The Morgan fingerprint density at radius 2 is 1.88 bits per heavy atom. The second kappa shape index (κ2) is 8.03. The van der Waals surface area contributed by atoms with E-state index >= 15 is 0 Å². The van der Waals surface area contributed by atoms with E-state index in [0.717, 1.165) is 26.5 Å². The molecule has 1 amide bonds. The second-order valence-electron chi connectivity index (χ2n) is 5.09. The fraction of sp³-hybridized carbons (Fsp3) is 0.222. The summed E-state index contributed by atoms with van der Waals surface area (Å²) in [5.41, 5.74) is 0. The van der Waals surface area contributed by atoms with E-state index in [0.29, 0.717) is 22.4 Å². The number of carbonyl (C=O) groups excluding carboxylic acids is 1. The Morgan fingerprint density at radius 1 is 1.16 bits per heavy atom. The monoisotopic (exact) mass is 391 g/mol. The fourth-order valence-electron chi connectivity index (χ4n) is 2.35. The highest BCUT2D eigenvalue weighted by molar-refractivity contribution is 8.26. The minimum atomic E-state index is -0.140. The lowest BCUT2D eigenvalue weighted by atomic mass is 10.2. The van der Waals surface area contributed by atoms with Gasteiger partial charge in [-0.3, -0.25) is 4.79 Å². The van der Waals surface area contributed by atoms with E-state index in [1.165, 1.54) is 11.8 Å². The Kier molecular flexibility index (Phi) is 5.78. The van der Waals surface area contributed by atoms with Crippen molar-refractivity contribution < 1.29 is 14.3 Å². The summed E-state index contributed by atoms with van der Waals surface area (Å²) < 4.78 is 13.0. The number of ether oxygens (including phenoxy) is 2. The van der Waals surface area contributed by atoms with Crippen molar-refractivity contribution in [2.75, 3.05) is 13.2 Å². The van der Waals surface area contributed by atoms with E-state index in [1.54, 1.807) is 17.4 Å². The fourth-order valence-corrected chi connectivity index (χ4v) is 4.34. The molecule has 2 aromatic rings. The summed E-state index contributed by atoms with van der Waals surface area (Å²) in [6.07, 6.45) is 5.63. The average Bonchev–Trinajstić information content (AvgIpc) is 3.10. The first-order valence-corrected chi connectivity index (χ1v) is 9.89. The summed E-state index contributed by atoms with van der Waals surface area (Å²) in [5.74, 6) is 1.39. The van der Waals surface area contributed by atoms with Crippen LogP contribution in [0.3, 0.4) is 0 Å². The Labute approximate surface area is 159 Å². The van der Waals surface area contributed by atoms with Crippen LogP contribution in [0.25, 0.3) is 16.2 Å². The molecule has 0 unspecified atom stereocenters. The largest absolute Gasteiger partial charge is 0.490 e. The minimum Gasteiger partial charge on any atom is -0.490 e. The third kappa shape index (κ3) is 4.23. The van der Waals surface area contributed by atoms with Crippen LogP contribution in [0.2, 0.25) is 0 Å². The molecule has 1 aliphatic rings. The molecule has 1 aliphatic heterocycles. The molecule has 0 radical (unpaired) electrons. The maximum Gasteiger partial charge on any atom is 0.263 e. The molecule has 3 rings (SSSR count). The molecule has 1 fully saturated rings. The van der Waals surface area contributed by atoms with Crippen LogP contribution < -0.4 is 14.8 Å². The van der Waals surface area contributed by atoms with Gasteiger partial charge in [0.2, 0.25) is 0 Å². The van der Waals surface area contributed by atoms with Gasteiger partial charge in [-0.25, -0.2) is 0 Å². The second-order valence-corrected chi connectivity index (χ2v) is 7.92. The Balaban J connectivity index is 1.85. The van der Waals surface area contributed by atoms with E-state index in [4.69, 9.17) is 21.7 Å². The van der Waals surface area contributed by atoms with Crippen molar-refractivity contribution in [1.82, 2.24) is 5.32 Å². The van der Waals surface area contributed by atoms with Gasteiger partial charge in [0.05, 0.1) is 18.1 Å². The van der Waals surface area contributed by atoms with Gasteiger partial charge in [-0.05, 0) is 43.5 Å². The smallest absolute Gasteiger partial charge is 0.263 e. The number of benzene rings is 1. The number of hydrogen-bond donors (Lipinski definition) is 1. The van der Waals surface area contributed by atoms with Crippen LogP contribution in [-0.2, 0) is 4.79 Å². The van der Waals surface area contributed by atoms with Crippen LogP contribution in [0.15, 0.2) is 35.3 Å². The molecular weight excluding hydrogens is 374 g/mol. The highest BCUT2D eigenvalue weighted by Crippen LogP contribution is 2.37. The molecule has 4 nitrogen and oxygen atoms in total. The van der Waals surface area contributed by atoms with E-state index in [1.807, 2.05) is 38.1 Å². The molecular formula is C18H17NO3S3. The zero-order valence-corrected chi connectivity index (χ0v) is 16.3. The number of fused-ring (bicyclic) bond motifs is 1. The molecule has 0 saturated carbocycles. The molecule has 7 heteroatoms. The number of nitrogens with one attached hydrogen (secondary N) is 1. The zero-order chi connectivity index (χ0) is 17.8. The number of thioether (sulfide) groups is 1. The van der Waals surface area contributed by atoms with Crippen LogP contribution in [0.5, 0.6) is 11.5 Å². The molecule has 1 saturated heterocycles. The third-order valence-electron chi connectivity index (χ3n) is 3.35. The van der Waals surface area contributed by atoms with Gasteiger partial charge in [-0.15, -0.1) is 11.3 Å². The number of rotatable bonds is 6. The summed E-state index contributed by atoms with van der Waals surface area (Å²) in [6.45, 7) is 5.10. The SMILES string of the molecule is CCOc1cc2cc(/C=C/C=C3\SC(=S)NC3=O)sc2cc1OCC. The summed E-state index contributed by atoms with van der Waals surface area (Å²) in [7, 11) is 0. The van der Waals surface area contributed by atoms with Crippen LogP contribution in [0.1, 0.15) is 18.7 Å². The normalized spacial score (nSPS) is 16.2. The van der Waals surface area contributed by atoms with Gasteiger partial charge in [-0.1, -0.05) is 30.1 Å². The quantitative estimate of drug-likeness (QED) is 0.569. The molecule has 1 N–H and O–H groups in total. The molecule has 0 aliphatic carbocycles. The highest BCUT2D eigenvalue weighted by Gasteiger charge is 2.21. The molecule has 25 heavy (non-hydrogen) atoms. The highest BCUT2D eigenvalue weighted by atomic mass is 32.2. The first-order chi connectivity index (χ1) is 12.1. The maximum absolute atomic E-state index is 11.6. The van der Waals surface area contributed by atoms with Gasteiger partial charge < -0.3 is 14.8 Å². The average molecular weight is 392 g/mol. The van der Waals surface area contributed by atoms with E-state index in [9.17, 15) is 4.79 Å². The van der Waals surface area contributed by atoms with Crippen molar-refractivity contribution in [1.29, 1.82) is 0 Å². The number of allylic oxidation sites excluding steroid dienone is 2. The summed E-state index contributed by atoms with van der Waals surface area (Å²) in [5, 5.41) is 3.71. The van der Waals surface area contributed by atoms with E-state index in [2.05, 4.69) is 11.4 Å². The number of thiophene rings is 1. The van der Waals surface area contributed by atoms with Crippen LogP contribution >= 0.6 is 35.3 Å². The predicted octanol–water partition coefficient (Wildman–Crippen LogP) is 4.74. The summed E-state index contributed by atoms with van der Waals surface area (Å²) >= 11 is 7.92. The Morgan fingerprint density at radius 3 is 2.52 bits per heavy atom. The number of thiocarbonyl (C=S) groups is 1. The lowest BCUT2D eigenvalue weighted by Gasteiger charge is -2.10. The topological polar surface area (TPSA) is 47.6 Å². The van der Waals surface area contributed by atoms with Crippen LogP contribution in [0.4, 0.5) is 0 Å².